The van der Waals surface area contributed by atoms with Gasteiger partial charge in [-0.1, -0.05) is 0 Å². The number of pyridine rings is 1. The van der Waals surface area contributed by atoms with Crippen LogP contribution in [0.15, 0.2) is 27.9 Å². The summed E-state index contributed by atoms with van der Waals surface area (Å²) in [6.45, 7) is 0. The zero-order chi connectivity index (χ0) is 15.3. The summed E-state index contributed by atoms with van der Waals surface area (Å²) in [5.74, 6) is -0.506. The molecule has 0 saturated carbocycles. The molecule has 0 saturated heterocycles. The Morgan fingerprint density at radius 3 is 2.59 bits per heavy atom. The van der Waals surface area contributed by atoms with Crippen molar-refractivity contribution >= 4 is 17.7 Å². The van der Waals surface area contributed by atoms with E-state index in [1.165, 1.54) is 30.0 Å². The Morgan fingerprint density at radius 1 is 1.14 bits per heavy atom. The number of aromatic amines is 1. The SMILES string of the molecule is O=C(O)c1cc(=O)c2c([nH]1)-c1cc3c(cc1SC2)CCCC3. The molecule has 2 aromatic rings. The fourth-order valence-corrected chi connectivity index (χ4v) is 4.43. The van der Waals surface area contributed by atoms with Crippen LogP contribution >= 0.6 is 11.8 Å². The minimum atomic E-state index is -1.10. The molecule has 0 spiro atoms. The molecule has 0 radical (unpaired) electrons. The number of aromatic carboxylic acids is 1. The Kier molecular flexibility index (Phi) is 3.11. The second-order valence-electron chi connectivity index (χ2n) is 5.82. The van der Waals surface area contributed by atoms with E-state index in [-0.39, 0.29) is 11.1 Å². The van der Waals surface area contributed by atoms with Gasteiger partial charge in [0.05, 0.1) is 5.69 Å². The van der Waals surface area contributed by atoms with Crippen LogP contribution in [0.5, 0.6) is 0 Å². The quantitative estimate of drug-likeness (QED) is 0.848. The number of carbonyl (C=O) groups is 1. The number of H-pyrrole nitrogens is 1. The third-order valence-corrected chi connectivity index (χ3v) is 5.53. The predicted octanol–water partition coefficient (Wildman–Crippen LogP) is 3.22. The van der Waals surface area contributed by atoms with Gasteiger partial charge in [0.25, 0.3) is 0 Å². The molecular formula is C17H15NO3S. The van der Waals surface area contributed by atoms with Crippen LogP contribution < -0.4 is 5.43 Å². The average molecular weight is 313 g/mol. The van der Waals surface area contributed by atoms with Crippen molar-refractivity contribution in [2.75, 3.05) is 0 Å². The largest absolute Gasteiger partial charge is 0.477 e. The highest BCUT2D eigenvalue weighted by atomic mass is 32.2. The van der Waals surface area contributed by atoms with Crippen molar-refractivity contribution in [3.05, 3.63) is 50.8 Å². The standard InChI is InChI=1S/C17H15NO3S/c19-14-7-13(17(20)21)18-16-11-5-9-3-1-2-4-10(9)6-15(11)22-8-12(14)16/h5-7H,1-4,8H2,(H,18,19)(H,20,21). The van der Waals surface area contributed by atoms with Crippen LogP contribution in [-0.4, -0.2) is 16.1 Å². The van der Waals surface area contributed by atoms with Gasteiger partial charge in [0.1, 0.15) is 5.69 Å². The summed E-state index contributed by atoms with van der Waals surface area (Å²) in [5.41, 5.74) is 4.84. The molecule has 2 heterocycles. The smallest absolute Gasteiger partial charge is 0.352 e. The third-order valence-electron chi connectivity index (χ3n) is 4.45. The number of aromatic nitrogens is 1. The van der Waals surface area contributed by atoms with Gasteiger partial charge in [-0.3, -0.25) is 4.79 Å². The summed E-state index contributed by atoms with van der Waals surface area (Å²) in [4.78, 5) is 27.5. The lowest BCUT2D eigenvalue weighted by molar-refractivity contribution is 0.0690. The molecule has 0 unspecified atom stereocenters. The first-order chi connectivity index (χ1) is 10.6. The number of thioether (sulfide) groups is 1. The number of fused-ring (bicyclic) bond motifs is 4. The highest BCUT2D eigenvalue weighted by molar-refractivity contribution is 7.98. The van der Waals surface area contributed by atoms with Crippen LogP contribution in [-0.2, 0) is 18.6 Å². The summed E-state index contributed by atoms with van der Waals surface area (Å²) in [6, 6.07) is 5.56. The predicted molar refractivity (Wildman–Crippen MR) is 85.7 cm³/mol. The van der Waals surface area contributed by atoms with Crippen molar-refractivity contribution in [3.8, 4) is 11.3 Å². The number of rotatable bonds is 1. The van der Waals surface area contributed by atoms with Crippen molar-refractivity contribution in [2.45, 2.75) is 36.3 Å². The van der Waals surface area contributed by atoms with Gasteiger partial charge in [0.15, 0.2) is 5.43 Å². The van der Waals surface area contributed by atoms with Crippen molar-refractivity contribution in [3.63, 3.8) is 0 Å². The van der Waals surface area contributed by atoms with Crippen LogP contribution in [0.1, 0.15) is 40.0 Å². The Hall–Kier alpha value is -2.01. The zero-order valence-corrected chi connectivity index (χ0v) is 12.8. The first-order valence-corrected chi connectivity index (χ1v) is 8.40. The minimum absolute atomic E-state index is 0.0423. The minimum Gasteiger partial charge on any atom is -0.477 e. The second-order valence-corrected chi connectivity index (χ2v) is 6.84. The van der Waals surface area contributed by atoms with Gasteiger partial charge >= 0.3 is 5.97 Å². The highest BCUT2D eigenvalue weighted by Crippen LogP contribution is 2.42. The molecular weight excluding hydrogens is 298 g/mol. The summed E-state index contributed by atoms with van der Waals surface area (Å²) in [7, 11) is 0. The number of hydrogen-bond donors (Lipinski definition) is 2. The van der Waals surface area contributed by atoms with Gasteiger partial charge in [-0.15, -0.1) is 11.8 Å². The van der Waals surface area contributed by atoms with Gasteiger partial charge in [-0.05, 0) is 48.9 Å². The fraction of sp³-hybridized carbons (Fsp3) is 0.294. The first-order valence-electron chi connectivity index (χ1n) is 7.42. The van der Waals surface area contributed by atoms with Crippen LogP contribution in [0.3, 0.4) is 0 Å². The molecule has 5 heteroatoms. The summed E-state index contributed by atoms with van der Waals surface area (Å²) < 4.78 is 0. The summed E-state index contributed by atoms with van der Waals surface area (Å²) in [6.07, 6.45) is 4.59. The monoisotopic (exact) mass is 313 g/mol. The van der Waals surface area contributed by atoms with Crippen molar-refractivity contribution in [1.29, 1.82) is 0 Å². The maximum Gasteiger partial charge on any atom is 0.352 e. The summed E-state index contributed by atoms with van der Waals surface area (Å²) in [5, 5.41) is 9.18. The van der Waals surface area contributed by atoms with E-state index in [9.17, 15) is 14.7 Å². The maximum absolute atomic E-state index is 12.2. The van der Waals surface area contributed by atoms with Crippen LogP contribution in [0.2, 0.25) is 0 Å². The molecule has 22 heavy (non-hydrogen) atoms. The molecule has 0 atom stereocenters. The molecule has 2 N–H and O–H groups in total. The highest BCUT2D eigenvalue weighted by Gasteiger charge is 2.24. The fourth-order valence-electron chi connectivity index (χ4n) is 3.30. The van der Waals surface area contributed by atoms with E-state index in [1.807, 2.05) is 0 Å². The topological polar surface area (TPSA) is 70.2 Å². The van der Waals surface area contributed by atoms with Crippen molar-refractivity contribution in [1.82, 2.24) is 4.98 Å². The molecule has 4 rings (SSSR count). The molecule has 2 aliphatic rings. The normalized spacial score (nSPS) is 15.6. The number of nitrogens with one attached hydrogen (secondary N) is 1. The molecule has 0 bridgehead atoms. The lowest BCUT2D eigenvalue weighted by atomic mass is 9.89. The Labute approximate surface area is 131 Å². The molecule has 1 aromatic carbocycles. The Bertz CT molecular complexity index is 854. The van der Waals surface area contributed by atoms with Gasteiger partial charge in [-0.2, -0.15) is 0 Å². The van der Waals surface area contributed by atoms with Gasteiger partial charge < -0.3 is 10.1 Å². The molecule has 1 aliphatic carbocycles. The van der Waals surface area contributed by atoms with Crippen LogP contribution in [0.4, 0.5) is 0 Å². The second kappa shape index (κ2) is 5.02. The Morgan fingerprint density at radius 2 is 1.86 bits per heavy atom. The molecule has 0 fully saturated rings. The van der Waals surface area contributed by atoms with Crippen LogP contribution in [0.25, 0.3) is 11.3 Å². The van der Waals surface area contributed by atoms with E-state index < -0.39 is 5.97 Å². The van der Waals surface area contributed by atoms with Gasteiger partial charge in [-0.25, -0.2) is 4.79 Å². The molecule has 0 amide bonds. The lowest BCUT2D eigenvalue weighted by Crippen LogP contribution is -2.18. The average Bonchev–Trinajstić information content (AvgIpc) is 2.52. The number of aryl methyl sites for hydroxylation is 2. The van der Waals surface area contributed by atoms with Crippen molar-refractivity contribution < 1.29 is 9.90 Å². The number of hydrogen-bond acceptors (Lipinski definition) is 3. The van der Waals surface area contributed by atoms with Gasteiger partial charge in [0, 0.05) is 27.8 Å². The van der Waals surface area contributed by atoms with E-state index in [0.717, 1.165) is 23.3 Å². The molecule has 1 aliphatic heterocycles. The Balaban J connectivity index is 1.96. The molecule has 4 nitrogen and oxygen atoms in total. The number of carboxylic acid groups (broad SMARTS) is 1. The lowest BCUT2D eigenvalue weighted by Gasteiger charge is -2.24. The van der Waals surface area contributed by atoms with E-state index >= 15 is 0 Å². The molecule has 112 valence electrons. The first kappa shape index (κ1) is 13.6. The number of benzene rings is 1. The maximum atomic E-state index is 12.2. The molecule has 1 aromatic heterocycles. The van der Waals surface area contributed by atoms with Crippen molar-refractivity contribution in [2.24, 2.45) is 0 Å². The third kappa shape index (κ3) is 2.08. The van der Waals surface area contributed by atoms with Gasteiger partial charge in [0.2, 0.25) is 0 Å². The van der Waals surface area contributed by atoms with Crippen LogP contribution in [0, 0.1) is 0 Å². The number of carboxylic acids is 1. The van der Waals surface area contributed by atoms with E-state index in [4.69, 9.17) is 0 Å². The van der Waals surface area contributed by atoms with E-state index in [2.05, 4.69) is 17.1 Å². The zero-order valence-electron chi connectivity index (χ0n) is 11.9. The van der Waals surface area contributed by atoms with E-state index in [0.29, 0.717) is 17.0 Å². The summed E-state index contributed by atoms with van der Waals surface area (Å²) >= 11 is 1.67. The van der Waals surface area contributed by atoms with E-state index in [1.54, 1.807) is 11.8 Å².